The molecular formula is C11H18O3. The third-order valence-electron chi connectivity index (χ3n) is 2.64. The fraction of sp³-hybridized carbons (Fsp3) is 0.818. The monoisotopic (exact) mass is 198 g/mol. The van der Waals surface area contributed by atoms with Crippen molar-refractivity contribution in [2.75, 3.05) is 6.61 Å². The van der Waals surface area contributed by atoms with Gasteiger partial charge in [-0.15, -0.1) is 0 Å². The molecule has 0 spiro atoms. The summed E-state index contributed by atoms with van der Waals surface area (Å²) in [5, 5.41) is 0. The van der Waals surface area contributed by atoms with Crippen molar-refractivity contribution >= 4 is 11.8 Å². The minimum Gasteiger partial charge on any atom is -0.466 e. The van der Waals surface area contributed by atoms with Crippen LogP contribution in [0.15, 0.2) is 0 Å². The van der Waals surface area contributed by atoms with Crippen LogP contribution < -0.4 is 0 Å². The Morgan fingerprint density at radius 1 is 1.36 bits per heavy atom. The molecule has 1 aliphatic carbocycles. The van der Waals surface area contributed by atoms with Gasteiger partial charge in [-0.05, 0) is 32.6 Å². The van der Waals surface area contributed by atoms with Crippen LogP contribution in [0.3, 0.4) is 0 Å². The molecule has 1 aliphatic rings. The summed E-state index contributed by atoms with van der Waals surface area (Å²) in [6, 6.07) is 0. The molecule has 0 amide bonds. The van der Waals surface area contributed by atoms with Crippen LogP contribution in [0, 0.1) is 5.92 Å². The van der Waals surface area contributed by atoms with E-state index in [1.807, 2.05) is 6.92 Å². The topological polar surface area (TPSA) is 43.4 Å². The Morgan fingerprint density at radius 3 is 2.43 bits per heavy atom. The Morgan fingerprint density at radius 2 is 1.93 bits per heavy atom. The zero-order valence-corrected chi connectivity index (χ0v) is 8.75. The fourth-order valence-electron chi connectivity index (χ4n) is 1.86. The zero-order chi connectivity index (χ0) is 10.4. The predicted molar refractivity (Wildman–Crippen MR) is 52.8 cm³/mol. The average Bonchev–Trinajstić information content (AvgIpc) is 2.11. The number of rotatable bonds is 2. The number of carbonyl (C=O) groups excluding carboxylic acids is 2. The molecule has 14 heavy (non-hydrogen) atoms. The largest absolute Gasteiger partial charge is 0.466 e. The maximum atomic E-state index is 11.4. The Labute approximate surface area is 84.8 Å². The van der Waals surface area contributed by atoms with E-state index in [9.17, 15) is 9.59 Å². The van der Waals surface area contributed by atoms with Gasteiger partial charge in [-0.2, -0.15) is 0 Å². The van der Waals surface area contributed by atoms with E-state index in [2.05, 4.69) is 0 Å². The number of hydrogen-bond donors (Lipinski definition) is 0. The number of carbonyl (C=O) groups is 2. The quantitative estimate of drug-likeness (QED) is 0.638. The molecule has 0 saturated heterocycles. The van der Waals surface area contributed by atoms with Gasteiger partial charge in [0.25, 0.3) is 0 Å². The molecule has 1 fully saturated rings. The first-order chi connectivity index (χ1) is 6.74. The highest BCUT2D eigenvalue weighted by Crippen LogP contribution is 2.21. The molecule has 80 valence electrons. The number of ketones is 1. The number of Topliss-reactive ketones (excluding diaryl/α,β-unsaturated/α-hetero) is 1. The highest BCUT2D eigenvalue weighted by atomic mass is 16.5. The molecule has 0 atom stereocenters. The second kappa shape index (κ2) is 5.78. The first kappa shape index (κ1) is 11.2. The van der Waals surface area contributed by atoms with Gasteiger partial charge in [0, 0.05) is 12.8 Å². The van der Waals surface area contributed by atoms with Crippen LogP contribution in [0.4, 0.5) is 0 Å². The smallest absolute Gasteiger partial charge is 0.308 e. The van der Waals surface area contributed by atoms with Crippen LogP contribution >= 0.6 is 0 Å². The second-order valence-corrected chi connectivity index (χ2v) is 3.77. The number of hydrogen-bond acceptors (Lipinski definition) is 3. The lowest BCUT2D eigenvalue weighted by Gasteiger charge is -2.17. The number of ether oxygens (including phenoxy) is 1. The van der Waals surface area contributed by atoms with Crippen molar-refractivity contribution < 1.29 is 14.3 Å². The van der Waals surface area contributed by atoms with Crippen LogP contribution in [0.1, 0.15) is 45.4 Å². The molecule has 3 heteroatoms. The maximum Gasteiger partial charge on any atom is 0.308 e. The predicted octanol–water partition coefficient (Wildman–Crippen LogP) is 2.09. The standard InChI is InChI=1S/C11H18O3/c1-2-14-11(13)9-5-3-7-10(12)8-4-6-9/h9H,2-8H2,1H3. The van der Waals surface area contributed by atoms with Crippen LogP contribution in [-0.4, -0.2) is 18.4 Å². The van der Waals surface area contributed by atoms with Gasteiger partial charge in [0.05, 0.1) is 12.5 Å². The first-order valence-corrected chi connectivity index (χ1v) is 5.42. The van der Waals surface area contributed by atoms with Gasteiger partial charge in [-0.25, -0.2) is 0 Å². The minimum absolute atomic E-state index is 0.0306. The highest BCUT2D eigenvalue weighted by molar-refractivity contribution is 5.79. The molecule has 3 nitrogen and oxygen atoms in total. The molecule has 0 aromatic carbocycles. The van der Waals surface area contributed by atoms with Crippen LogP contribution in [-0.2, 0) is 14.3 Å². The van der Waals surface area contributed by atoms with Crippen LogP contribution in [0.5, 0.6) is 0 Å². The summed E-state index contributed by atoms with van der Waals surface area (Å²) in [5.74, 6) is 0.289. The summed E-state index contributed by atoms with van der Waals surface area (Å²) >= 11 is 0. The lowest BCUT2D eigenvalue weighted by atomic mass is 9.91. The van der Waals surface area contributed by atoms with E-state index in [1.165, 1.54) is 0 Å². The van der Waals surface area contributed by atoms with Gasteiger partial charge >= 0.3 is 5.97 Å². The maximum absolute atomic E-state index is 11.4. The molecule has 0 heterocycles. The minimum atomic E-state index is -0.0816. The van der Waals surface area contributed by atoms with Crippen molar-refractivity contribution in [2.45, 2.75) is 45.4 Å². The summed E-state index contributed by atoms with van der Waals surface area (Å²) in [4.78, 5) is 22.6. The Hall–Kier alpha value is -0.860. The van der Waals surface area contributed by atoms with Crippen molar-refractivity contribution in [1.29, 1.82) is 0 Å². The Balaban J connectivity index is 2.38. The van der Waals surface area contributed by atoms with Crippen molar-refractivity contribution in [3.63, 3.8) is 0 Å². The molecule has 0 bridgehead atoms. The van der Waals surface area contributed by atoms with Crippen LogP contribution in [0.2, 0.25) is 0 Å². The van der Waals surface area contributed by atoms with Crippen molar-refractivity contribution in [3.05, 3.63) is 0 Å². The third kappa shape index (κ3) is 3.48. The molecule has 0 aromatic rings. The van der Waals surface area contributed by atoms with Gasteiger partial charge in [0.2, 0.25) is 0 Å². The van der Waals surface area contributed by atoms with Crippen LogP contribution in [0.25, 0.3) is 0 Å². The fourth-order valence-corrected chi connectivity index (χ4v) is 1.86. The average molecular weight is 198 g/mol. The van der Waals surface area contributed by atoms with E-state index in [-0.39, 0.29) is 11.9 Å². The summed E-state index contributed by atoms with van der Waals surface area (Å²) in [7, 11) is 0. The van der Waals surface area contributed by atoms with E-state index in [0.29, 0.717) is 25.2 Å². The first-order valence-electron chi connectivity index (χ1n) is 5.42. The second-order valence-electron chi connectivity index (χ2n) is 3.77. The molecule has 1 rings (SSSR count). The zero-order valence-electron chi connectivity index (χ0n) is 8.75. The Bertz CT molecular complexity index is 199. The highest BCUT2D eigenvalue weighted by Gasteiger charge is 2.21. The summed E-state index contributed by atoms with van der Waals surface area (Å²) < 4.78 is 4.98. The van der Waals surface area contributed by atoms with Gasteiger partial charge in [0.15, 0.2) is 0 Å². The normalized spacial score (nSPS) is 19.9. The lowest BCUT2D eigenvalue weighted by Crippen LogP contribution is -2.20. The van der Waals surface area contributed by atoms with Crippen molar-refractivity contribution in [2.24, 2.45) is 5.92 Å². The molecule has 0 aromatic heterocycles. The van der Waals surface area contributed by atoms with Crippen molar-refractivity contribution in [1.82, 2.24) is 0 Å². The molecule has 0 aliphatic heterocycles. The van der Waals surface area contributed by atoms with Gasteiger partial charge in [0.1, 0.15) is 5.78 Å². The Kier molecular flexibility index (Phi) is 4.63. The summed E-state index contributed by atoms with van der Waals surface area (Å²) in [6.45, 7) is 2.28. The third-order valence-corrected chi connectivity index (χ3v) is 2.64. The SMILES string of the molecule is CCOC(=O)C1CCCC(=O)CCC1. The van der Waals surface area contributed by atoms with Gasteiger partial charge in [-0.1, -0.05) is 0 Å². The van der Waals surface area contributed by atoms with E-state index in [4.69, 9.17) is 4.74 Å². The molecule has 0 radical (unpaired) electrons. The lowest BCUT2D eigenvalue weighted by molar-refractivity contribution is -0.149. The van der Waals surface area contributed by atoms with E-state index in [1.54, 1.807) is 0 Å². The molecular weight excluding hydrogens is 180 g/mol. The molecule has 0 N–H and O–H groups in total. The van der Waals surface area contributed by atoms with Gasteiger partial charge < -0.3 is 4.74 Å². The van der Waals surface area contributed by atoms with Crippen molar-refractivity contribution in [3.8, 4) is 0 Å². The number of esters is 1. The van der Waals surface area contributed by atoms with Gasteiger partial charge in [-0.3, -0.25) is 9.59 Å². The summed E-state index contributed by atoms with van der Waals surface area (Å²) in [5.41, 5.74) is 0. The van der Waals surface area contributed by atoms with E-state index in [0.717, 1.165) is 25.7 Å². The van der Waals surface area contributed by atoms with E-state index >= 15 is 0 Å². The molecule has 0 unspecified atom stereocenters. The van der Waals surface area contributed by atoms with E-state index < -0.39 is 0 Å². The molecule has 1 saturated carbocycles. The summed E-state index contributed by atoms with van der Waals surface area (Å²) in [6.07, 6.45) is 4.56.